The van der Waals surface area contributed by atoms with Gasteiger partial charge < -0.3 is 10.3 Å². The summed E-state index contributed by atoms with van der Waals surface area (Å²) < 4.78 is 2.04. The smallest absolute Gasteiger partial charge is 0.159 e. The highest BCUT2D eigenvalue weighted by Gasteiger charge is 2.14. The molecule has 0 aliphatic heterocycles. The summed E-state index contributed by atoms with van der Waals surface area (Å²) in [5, 5.41) is 0. The van der Waals surface area contributed by atoms with E-state index in [2.05, 4.69) is 9.97 Å². The van der Waals surface area contributed by atoms with E-state index in [1.165, 1.54) is 0 Å². The molecule has 0 saturated heterocycles. The number of nitrogens with zero attached hydrogens (tertiary/aromatic N) is 3. The molecular formula is C12H18N4. The number of nitrogens with two attached hydrogens (primary N) is 1. The maximum Gasteiger partial charge on any atom is 0.159 e. The fraction of sp³-hybridized carbons (Fsp3) is 0.500. The molecule has 2 rings (SSSR count). The van der Waals surface area contributed by atoms with Gasteiger partial charge in [-0.25, -0.2) is 9.97 Å². The highest BCUT2D eigenvalue weighted by Crippen LogP contribution is 2.15. The molecule has 4 heteroatoms. The number of rotatable bonds is 3. The molecule has 2 aromatic rings. The Kier molecular flexibility index (Phi) is 2.68. The lowest BCUT2D eigenvalue weighted by Gasteiger charge is -2.17. The van der Waals surface area contributed by atoms with Crippen LogP contribution in [-0.4, -0.2) is 20.1 Å². The van der Waals surface area contributed by atoms with E-state index in [4.69, 9.17) is 5.73 Å². The van der Waals surface area contributed by atoms with E-state index in [9.17, 15) is 0 Å². The normalized spacial score (nSPS) is 12.2. The predicted molar refractivity (Wildman–Crippen MR) is 65.1 cm³/mol. The molecule has 0 radical (unpaired) electrons. The van der Waals surface area contributed by atoms with Crippen LogP contribution in [0.15, 0.2) is 18.3 Å². The van der Waals surface area contributed by atoms with Crippen LogP contribution < -0.4 is 5.73 Å². The molecule has 0 saturated carbocycles. The average Bonchev–Trinajstić information content (AvgIpc) is 2.53. The van der Waals surface area contributed by atoms with Gasteiger partial charge >= 0.3 is 0 Å². The molecule has 0 amide bonds. The van der Waals surface area contributed by atoms with Crippen molar-refractivity contribution in [3.63, 3.8) is 0 Å². The lowest BCUT2D eigenvalue weighted by atomic mass is 10.00. The number of imidazole rings is 1. The molecule has 2 aromatic heterocycles. The predicted octanol–water partition coefficient (Wildman–Crippen LogP) is 1.64. The summed E-state index contributed by atoms with van der Waals surface area (Å²) in [5.41, 5.74) is 7.72. The molecule has 2 N–H and O–H groups in total. The lowest BCUT2D eigenvalue weighted by Crippen LogP contribution is -2.32. The number of pyridine rings is 1. The summed E-state index contributed by atoms with van der Waals surface area (Å²) in [4.78, 5) is 8.88. The van der Waals surface area contributed by atoms with Crippen LogP contribution >= 0.6 is 0 Å². The van der Waals surface area contributed by atoms with Crippen molar-refractivity contribution in [1.29, 1.82) is 0 Å². The standard InChI is InChI=1S/C12H18N4/c1-12(2,13)7-6-10-15-9-5-4-8-14-11(9)16(10)3/h4-5,8H,6-7,13H2,1-3H3. The molecule has 0 aliphatic rings. The fourth-order valence-electron chi connectivity index (χ4n) is 1.73. The van der Waals surface area contributed by atoms with Gasteiger partial charge in [-0.05, 0) is 32.4 Å². The van der Waals surface area contributed by atoms with Crippen molar-refractivity contribution in [2.24, 2.45) is 12.8 Å². The van der Waals surface area contributed by atoms with Crippen molar-refractivity contribution in [2.75, 3.05) is 0 Å². The van der Waals surface area contributed by atoms with Crippen LogP contribution in [0.3, 0.4) is 0 Å². The van der Waals surface area contributed by atoms with Crippen LogP contribution in [0.4, 0.5) is 0 Å². The zero-order valence-corrected chi connectivity index (χ0v) is 10.1. The number of hydrogen-bond donors (Lipinski definition) is 1. The quantitative estimate of drug-likeness (QED) is 0.852. The Morgan fingerprint density at radius 1 is 1.44 bits per heavy atom. The first-order chi connectivity index (χ1) is 7.47. The van der Waals surface area contributed by atoms with Crippen LogP contribution in [-0.2, 0) is 13.5 Å². The molecule has 0 fully saturated rings. The minimum atomic E-state index is -0.147. The molecule has 0 spiro atoms. The minimum Gasteiger partial charge on any atom is -0.326 e. The van der Waals surface area contributed by atoms with Crippen molar-refractivity contribution < 1.29 is 0 Å². The average molecular weight is 218 g/mol. The van der Waals surface area contributed by atoms with Gasteiger partial charge in [0.15, 0.2) is 5.65 Å². The Labute approximate surface area is 95.5 Å². The van der Waals surface area contributed by atoms with Crippen molar-refractivity contribution in [1.82, 2.24) is 14.5 Å². The van der Waals surface area contributed by atoms with Crippen molar-refractivity contribution in [3.05, 3.63) is 24.2 Å². The molecule has 2 heterocycles. The number of aryl methyl sites for hydroxylation is 2. The minimum absolute atomic E-state index is 0.147. The monoisotopic (exact) mass is 218 g/mol. The van der Waals surface area contributed by atoms with Gasteiger partial charge in [0.2, 0.25) is 0 Å². The number of fused-ring (bicyclic) bond motifs is 1. The SMILES string of the molecule is Cn1c(CCC(C)(C)N)nc2cccnc21. The molecule has 0 unspecified atom stereocenters. The maximum absolute atomic E-state index is 5.97. The molecule has 0 atom stereocenters. The van der Waals surface area contributed by atoms with Gasteiger partial charge in [-0.1, -0.05) is 0 Å². The van der Waals surface area contributed by atoms with E-state index in [0.29, 0.717) is 0 Å². The van der Waals surface area contributed by atoms with E-state index in [0.717, 1.165) is 29.8 Å². The molecule has 16 heavy (non-hydrogen) atoms. The first kappa shape index (κ1) is 11.1. The Morgan fingerprint density at radius 3 is 2.81 bits per heavy atom. The third kappa shape index (κ3) is 2.22. The molecule has 0 aromatic carbocycles. The highest BCUT2D eigenvalue weighted by molar-refractivity contribution is 5.70. The summed E-state index contributed by atoms with van der Waals surface area (Å²) in [5.74, 6) is 1.05. The van der Waals surface area contributed by atoms with E-state index in [-0.39, 0.29) is 5.54 Å². The van der Waals surface area contributed by atoms with Crippen molar-refractivity contribution >= 4 is 11.2 Å². The van der Waals surface area contributed by atoms with Gasteiger partial charge in [-0.15, -0.1) is 0 Å². The first-order valence-corrected chi connectivity index (χ1v) is 5.52. The lowest BCUT2D eigenvalue weighted by molar-refractivity contribution is 0.468. The summed E-state index contributed by atoms with van der Waals surface area (Å²) in [7, 11) is 2.00. The van der Waals surface area contributed by atoms with E-state index < -0.39 is 0 Å². The molecule has 0 bridgehead atoms. The largest absolute Gasteiger partial charge is 0.326 e. The van der Waals surface area contributed by atoms with Crippen LogP contribution in [0, 0.1) is 0 Å². The maximum atomic E-state index is 5.97. The third-order valence-electron chi connectivity index (χ3n) is 2.71. The van der Waals surface area contributed by atoms with Crippen LogP contribution in [0.5, 0.6) is 0 Å². The van der Waals surface area contributed by atoms with Gasteiger partial charge in [-0.3, -0.25) is 0 Å². The highest BCUT2D eigenvalue weighted by atomic mass is 15.1. The van der Waals surface area contributed by atoms with Gasteiger partial charge in [-0.2, -0.15) is 0 Å². The number of hydrogen-bond acceptors (Lipinski definition) is 3. The van der Waals surface area contributed by atoms with Crippen molar-refractivity contribution in [2.45, 2.75) is 32.2 Å². The molecule has 0 aliphatic carbocycles. The van der Waals surface area contributed by atoms with Gasteiger partial charge in [0.1, 0.15) is 11.3 Å². The van der Waals surface area contributed by atoms with Gasteiger partial charge in [0, 0.05) is 25.2 Å². The second kappa shape index (κ2) is 3.87. The Hall–Kier alpha value is -1.42. The van der Waals surface area contributed by atoms with E-state index >= 15 is 0 Å². The molecule has 4 nitrogen and oxygen atoms in total. The summed E-state index contributed by atoms with van der Waals surface area (Å²) in [6.45, 7) is 4.07. The third-order valence-corrected chi connectivity index (χ3v) is 2.71. The zero-order valence-electron chi connectivity index (χ0n) is 10.1. The second-order valence-corrected chi connectivity index (χ2v) is 4.92. The Balaban J connectivity index is 2.28. The molecule has 86 valence electrons. The van der Waals surface area contributed by atoms with Crippen LogP contribution in [0.1, 0.15) is 26.1 Å². The summed E-state index contributed by atoms with van der Waals surface area (Å²) >= 11 is 0. The van der Waals surface area contributed by atoms with Gasteiger partial charge in [0.05, 0.1) is 0 Å². The fourth-order valence-corrected chi connectivity index (χ4v) is 1.73. The topological polar surface area (TPSA) is 56.7 Å². The number of aromatic nitrogens is 3. The summed E-state index contributed by atoms with van der Waals surface area (Å²) in [6, 6.07) is 3.89. The Morgan fingerprint density at radius 2 is 2.19 bits per heavy atom. The van der Waals surface area contributed by atoms with Crippen LogP contribution in [0.25, 0.3) is 11.2 Å². The van der Waals surface area contributed by atoms with Crippen LogP contribution in [0.2, 0.25) is 0 Å². The molecular weight excluding hydrogens is 200 g/mol. The van der Waals surface area contributed by atoms with E-state index in [1.54, 1.807) is 6.20 Å². The van der Waals surface area contributed by atoms with E-state index in [1.807, 2.05) is 37.6 Å². The zero-order chi connectivity index (χ0) is 11.8. The van der Waals surface area contributed by atoms with Gasteiger partial charge in [0.25, 0.3) is 0 Å². The first-order valence-electron chi connectivity index (χ1n) is 5.52. The second-order valence-electron chi connectivity index (χ2n) is 4.92. The Bertz CT molecular complexity index is 493. The van der Waals surface area contributed by atoms with Crippen molar-refractivity contribution in [3.8, 4) is 0 Å². The summed E-state index contributed by atoms with van der Waals surface area (Å²) in [6.07, 6.45) is 3.60.